The van der Waals surface area contributed by atoms with Crippen molar-refractivity contribution in [2.45, 2.75) is 30.9 Å². The highest BCUT2D eigenvalue weighted by molar-refractivity contribution is 5.39. The number of rotatable bonds is 0. The fourth-order valence-corrected chi connectivity index (χ4v) is 2.88. The lowest BCUT2D eigenvalue weighted by Crippen LogP contribution is -2.50. The standard InChI is InChI=1S/C13H17FN2O/c14-9-1-2-10-11(15)8-13(17-12(10)7-9)3-5-16-6-4-13/h1-2,7,11,16H,3-6,8,15H2/t11-/m1/s1. The predicted octanol–water partition coefficient (Wildman–Crippen LogP) is 1.73. The Hall–Kier alpha value is -1.13. The van der Waals surface area contributed by atoms with Gasteiger partial charge in [-0.1, -0.05) is 6.07 Å². The van der Waals surface area contributed by atoms with Crippen molar-refractivity contribution in [2.24, 2.45) is 5.73 Å². The summed E-state index contributed by atoms with van der Waals surface area (Å²) < 4.78 is 19.3. The maximum Gasteiger partial charge on any atom is 0.127 e. The fraction of sp³-hybridized carbons (Fsp3) is 0.538. The summed E-state index contributed by atoms with van der Waals surface area (Å²) in [5.41, 5.74) is 6.92. The Balaban J connectivity index is 1.95. The van der Waals surface area contributed by atoms with Crippen LogP contribution >= 0.6 is 0 Å². The van der Waals surface area contributed by atoms with E-state index in [1.807, 2.05) is 0 Å². The number of nitrogens with two attached hydrogens (primary N) is 1. The van der Waals surface area contributed by atoms with E-state index in [0.29, 0.717) is 5.75 Å². The van der Waals surface area contributed by atoms with Crippen LogP contribution in [0.25, 0.3) is 0 Å². The predicted molar refractivity (Wildman–Crippen MR) is 63.4 cm³/mol. The summed E-state index contributed by atoms with van der Waals surface area (Å²) in [6.45, 7) is 1.88. The molecular weight excluding hydrogens is 219 g/mol. The molecule has 1 atom stereocenters. The molecule has 0 unspecified atom stereocenters. The Labute approximate surface area is 100 Å². The monoisotopic (exact) mass is 236 g/mol. The lowest BCUT2D eigenvalue weighted by atomic mass is 9.81. The zero-order valence-corrected chi connectivity index (χ0v) is 9.71. The highest BCUT2D eigenvalue weighted by Crippen LogP contribution is 2.42. The van der Waals surface area contributed by atoms with Crippen molar-refractivity contribution in [1.29, 1.82) is 0 Å². The van der Waals surface area contributed by atoms with Crippen molar-refractivity contribution in [2.75, 3.05) is 13.1 Å². The summed E-state index contributed by atoms with van der Waals surface area (Å²) in [5.74, 6) is 0.368. The first-order valence-corrected chi connectivity index (χ1v) is 6.13. The third-order valence-electron chi connectivity index (χ3n) is 3.81. The molecule has 0 radical (unpaired) electrons. The van der Waals surface area contributed by atoms with Gasteiger partial charge in [0, 0.05) is 24.1 Å². The third-order valence-corrected chi connectivity index (χ3v) is 3.81. The molecule has 2 aliphatic heterocycles. The Morgan fingerprint density at radius 1 is 1.35 bits per heavy atom. The molecule has 3 nitrogen and oxygen atoms in total. The molecule has 1 saturated heterocycles. The molecule has 2 heterocycles. The van der Waals surface area contributed by atoms with E-state index in [1.165, 1.54) is 12.1 Å². The molecule has 0 bridgehead atoms. The molecule has 0 aliphatic carbocycles. The number of hydrogen-bond acceptors (Lipinski definition) is 3. The topological polar surface area (TPSA) is 47.3 Å². The maximum absolute atomic E-state index is 13.2. The Morgan fingerprint density at radius 2 is 2.12 bits per heavy atom. The molecule has 0 saturated carbocycles. The van der Waals surface area contributed by atoms with Gasteiger partial charge in [0.25, 0.3) is 0 Å². The molecule has 4 heteroatoms. The van der Waals surface area contributed by atoms with Crippen molar-refractivity contribution in [3.8, 4) is 5.75 Å². The second-order valence-electron chi connectivity index (χ2n) is 5.03. The quantitative estimate of drug-likeness (QED) is 0.721. The van der Waals surface area contributed by atoms with Crippen LogP contribution in [-0.4, -0.2) is 18.7 Å². The van der Waals surface area contributed by atoms with Crippen molar-refractivity contribution in [1.82, 2.24) is 5.32 Å². The van der Waals surface area contributed by atoms with Gasteiger partial charge >= 0.3 is 0 Å². The highest BCUT2D eigenvalue weighted by atomic mass is 19.1. The first-order valence-electron chi connectivity index (χ1n) is 6.13. The molecule has 0 amide bonds. The molecule has 92 valence electrons. The van der Waals surface area contributed by atoms with Crippen LogP contribution in [-0.2, 0) is 0 Å². The number of hydrogen-bond donors (Lipinski definition) is 2. The zero-order valence-electron chi connectivity index (χ0n) is 9.71. The van der Waals surface area contributed by atoms with Crippen molar-refractivity contribution < 1.29 is 9.13 Å². The van der Waals surface area contributed by atoms with E-state index in [2.05, 4.69) is 5.32 Å². The van der Waals surface area contributed by atoms with E-state index in [0.717, 1.165) is 37.9 Å². The minimum atomic E-state index is -0.262. The average Bonchev–Trinajstić information content (AvgIpc) is 2.29. The number of fused-ring (bicyclic) bond motifs is 1. The van der Waals surface area contributed by atoms with E-state index in [4.69, 9.17) is 10.5 Å². The summed E-state index contributed by atoms with van der Waals surface area (Å²) in [6.07, 6.45) is 2.71. The fourth-order valence-electron chi connectivity index (χ4n) is 2.88. The summed E-state index contributed by atoms with van der Waals surface area (Å²) >= 11 is 0. The smallest absolute Gasteiger partial charge is 0.127 e. The van der Waals surface area contributed by atoms with Gasteiger partial charge in [-0.25, -0.2) is 4.39 Å². The first kappa shape index (κ1) is 11.0. The van der Waals surface area contributed by atoms with Gasteiger partial charge in [-0.2, -0.15) is 0 Å². The first-order chi connectivity index (χ1) is 8.19. The number of nitrogens with one attached hydrogen (secondary N) is 1. The van der Waals surface area contributed by atoms with Gasteiger partial charge in [0.2, 0.25) is 0 Å². The van der Waals surface area contributed by atoms with Crippen LogP contribution in [0.3, 0.4) is 0 Å². The molecule has 1 aromatic rings. The zero-order chi connectivity index (χ0) is 11.9. The third kappa shape index (κ3) is 1.91. The average molecular weight is 236 g/mol. The molecule has 1 aromatic carbocycles. The molecule has 0 aromatic heterocycles. The Bertz CT molecular complexity index is 429. The van der Waals surface area contributed by atoms with Crippen molar-refractivity contribution in [3.05, 3.63) is 29.6 Å². The van der Waals surface area contributed by atoms with Gasteiger partial charge in [0.1, 0.15) is 17.2 Å². The normalized spacial score (nSPS) is 26.4. The van der Waals surface area contributed by atoms with Crippen LogP contribution in [0.2, 0.25) is 0 Å². The summed E-state index contributed by atoms with van der Waals surface area (Å²) in [4.78, 5) is 0. The number of piperidine rings is 1. The molecule has 17 heavy (non-hydrogen) atoms. The molecule has 1 spiro atoms. The van der Waals surface area contributed by atoms with Crippen molar-refractivity contribution in [3.63, 3.8) is 0 Å². The van der Waals surface area contributed by atoms with Crippen LogP contribution in [0.5, 0.6) is 5.75 Å². The SMILES string of the molecule is N[C@@H]1CC2(CCNCC2)Oc2cc(F)ccc21. The highest BCUT2D eigenvalue weighted by Gasteiger charge is 2.40. The number of halogens is 1. The summed E-state index contributed by atoms with van der Waals surface area (Å²) in [7, 11) is 0. The van der Waals surface area contributed by atoms with E-state index in [9.17, 15) is 4.39 Å². The molecular formula is C13H17FN2O. The lowest BCUT2D eigenvalue weighted by molar-refractivity contribution is 0.00763. The van der Waals surface area contributed by atoms with Crippen LogP contribution < -0.4 is 15.8 Å². The minimum absolute atomic E-state index is 0.0440. The van der Waals surface area contributed by atoms with E-state index < -0.39 is 0 Å². The molecule has 1 fully saturated rings. The van der Waals surface area contributed by atoms with Gasteiger partial charge in [-0.3, -0.25) is 0 Å². The van der Waals surface area contributed by atoms with Crippen LogP contribution in [0.15, 0.2) is 18.2 Å². The van der Waals surface area contributed by atoms with Crippen LogP contribution in [0.4, 0.5) is 4.39 Å². The lowest BCUT2D eigenvalue weighted by Gasteiger charge is -2.43. The van der Waals surface area contributed by atoms with Gasteiger partial charge in [0.15, 0.2) is 0 Å². The Morgan fingerprint density at radius 3 is 2.88 bits per heavy atom. The van der Waals surface area contributed by atoms with Crippen molar-refractivity contribution >= 4 is 0 Å². The van der Waals surface area contributed by atoms with E-state index in [1.54, 1.807) is 6.07 Å². The van der Waals surface area contributed by atoms with Crippen LogP contribution in [0, 0.1) is 5.82 Å². The largest absolute Gasteiger partial charge is 0.487 e. The van der Waals surface area contributed by atoms with Gasteiger partial charge < -0.3 is 15.8 Å². The van der Waals surface area contributed by atoms with E-state index in [-0.39, 0.29) is 17.5 Å². The maximum atomic E-state index is 13.2. The Kier molecular flexibility index (Phi) is 2.56. The minimum Gasteiger partial charge on any atom is -0.487 e. The van der Waals surface area contributed by atoms with Gasteiger partial charge in [-0.05, 0) is 32.0 Å². The van der Waals surface area contributed by atoms with Gasteiger partial charge in [-0.15, -0.1) is 0 Å². The van der Waals surface area contributed by atoms with Gasteiger partial charge in [0.05, 0.1) is 0 Å². The molecule has 2 aliphatic rings. The van der Waals surface area contributed by atoms with E-state index >= 15 is 0 Å². The molecule has 3 rings (SSSR count). The molecule has 3 N–H and O–H groups in total. The summed E-state index contributed by atoms with van der Waals surface area (Å²) in [5, 5.41) is 3.31. The number of ether oxygens (including phenoxy) is 1. The second kappa shape index (κ2) is 3.96. The number of benzene rings is 1. The second-order valence-corrected chi connectivity index (χ2v) is 5.03. The summed E-state index contributed by atoms with van der Waals surface area (Å²) in [6, 6.07) is 4.60. The van der Waals surface area contributed by atoms with Crippen LogP contribution in [0.1, 0.15) is 30.9 Å².